The molecule has 4 nitrogen and oxygen atoms in total. The van der Waals surface area contributed by atoms with Crippen molar-refractivity contribution in [3.63, 3.8) is 0 Å². The van der Waals surface area contributed by atoms with Crippen LogP contribution in [0.4, 0.5) is 5.82 Å². The SMILES string of the molecule is Cc1cc(C)c(C(N)=S)c(N(Cc2ccco2)C2CC2)n1. The van der Waals surface area contributed by atoms with E-state index in [2.05, 4.69) is 4.90 Å². The molecule has 2 heterocycles. The van der Waals surface area contributed by atoms with Crippen LogP contribution in [0.25, 0.3) is 0 Å². The van der Waals surface area contributed by atoms with Crippen LogP contribution < -0.4 is 10.6 Å². The Morgan fingerprint density at radius 3 is 2.81 bits per heavy atom. The van der Waals surface area contributed by atoms with Crippen LogP contribution in [0.5, 0.6) is 0 Å². The number of aromatic nitrogens is 1. The van der Waals surface area contributed by atoms with Crippen molar-refractivity contribution in [2.24, 2.45) is 5.73 Å². The zero-order valence-corrected chi connectivity index (χ0v) is 13.1. The Morgan fingerprint density at radius 2 is 2.24 bits per heavy atom. The largest absolute Gasteiger partial charge is 0.467 e. The topological polar surface area (TPSA) is 55.3 Å². The number of anilines is 1. The summed E-state index contributed by atoms with van der Waals surface area (Å²) in [7, 11) is 0. The second-order valence-electron chi connectivity index (χ2n) is 5.58. The third kappa shape index (κ3) is 2.93. The zero-order valence-electron chi connectivity index (χ0n) is 12.3. The van der Waals surface area contributed by atoms with E-state index in [1.807, 2.05) is 32.0 Å². The van der Waals surface area contributed by atoms with Crippen molar-refractivity contribution in [3.8, 4) is 0 Å². The van der Waals surface area contributed by atoms with Gasteiger partial charge in [0.05, 0.1) is 18.4 Å². The Balaban J connectivity index is 2.04. The van der Waals surface area contributed by atoms with Gasteiger partial charge in [-0.1, -0.05) is 12.2 Å². The van der Waals surface area contributed by atoms with Gasteiger partial charge in [0, 0.05) is 11.7 Å². The molecule has 5 heteroatoms. The van der Waals surface area contributed by atoms with Crippen LogP contribution in [-0.2, 0) is 6.54 Å². The molecule has 0 aromatic carbocycles. The van der Waals surface area contributed by atoms with E-state index in [1.165, 1.54) is 12.8 Å². The highest BCUT2D eigenvalue weighted by Gasteiger charge is 2.32. The molecule has 0 bridgehead atoms. The average Bonchev–Trinajstić information content (AvgIpc) is 3.11. The Kier molecular flexibility index (Phi) is 3.68. The Hall–Kier alpha value is -1.88. The predicted molar refractivity (Wildman–Crippen MR) is 87.5 cm³/mol. The highest BCUT2D eigenvalue weighted by Crippen LogP contribution is 2.35. The number of furan rings is 1. The number of rotatable bonds is 5. The van der Waals surface area contributed by atoms with Crippen LogP contribution in [-0.4, -0.2) is 16.0 Å². The second kappa shape index (κ2) is 5.48. The molecule has 3 rings (SSSR count). The molecule has 2 aromatic rings. The Bertz CT molecular complexity index is 662. The van der Waals surface area contributed by atoms with Crippen molar-refractivity contribution >= 4 is 23.0 Å². The fraction of sp³-hybridized carbons (Fsp3) is 0.375. The number of hydrogen-bond acceptors (Lipinski definition) is 4. The van der Waals surface area contributed by atoms with E-state index in [0.29, 0.717) is 17.6 Å². The summed E-state index contributed by atoms with van der Waals surface area (Å²) < 4.78 is 5.49. The van der Waals surface area contributed by atoms with Crippen LogP contribution in [0.2, 0.25) is 0 Å². The number of nitrogens with two attached hydrogens (primary N) is 1. The standard InChI is InChI=1S/C16H19N3OS/c1-10-8-11(2)18-16(14(10)15(17)21)19(12-5-6-12)9-13-4-3-7-20-13/h3-4,7-8,12H,5-6,9H2,1-2H3,(H2,17,21). The lowest BCUT2D eigenvalue weighted by Gasteiger charge is -2.26. The van der Waals surface area contributed by atoms with E-state index in [-0.39, 0.29) is 0 Å². The fourth-order valence-electron chi connectivity index (χ4n) is 2.66. The minimum Gasteiger partial charge on any atom is -0.467 e. The van der Waals surface area contributed by atoms with Crippen molar-refractivity contribution in [2.75, 3.05) is 4.90 Å². The summed E-state index contributed by atoms with van der Waals surface area (Å²) in [6.45, 7) is 4.73. The monoisotopic (exact) mass is 301 g/mol. The van der Waals surface area contributed by atoms with Gasteiger partial charge >= 0.3 is 0 Å². The summed E-state index contributed by atoms with van der Waals surface area (Å²) in [6.07, 6.45) is 4.04. The molecule has 2 N–H and O–H groups in total. The van der Waals surface area contributed by atoms with Crippen LogP contribution in [0, 0.1) is 13.8 Å². The smallest absolute Gasteiger partial charge is 0.140 e. The maximum Gasteiger partial charge on any atom is 0.140 e. The predicted octanol–water partition coefficient (Wildman–Crippen LogP) is 3.09. The van der Waals surface area contributed by atoms with Crippen molar-refractivity contribution in [1.82, 2.24) is 4.98 Å². The van der Waals surface area contributed by atoms with E-state index < -0.39 is 0 Å². The Morgan fingerprint density at radius 1 is 1.48 bits per heavy atom. The van der Waals surface area contributed by atoms with Crippen molar-refractivity contribution in [3.05, 3.63) is 47.0 Å². The molecule has 1 fully saturated rings. The number of aryl methyl sites for hydroxylation is 2. The average molecular weight is 301 g/mol. The third-order valence-electron chi connectivity index (χ3n) is 3.74. The van der Waals surface area contributed by atoms with Gasteiger partial charge in [-0.2, -0.15) is 0 Å². The first kappa shape index (κ1) is 14.1. The number of nitrogens with zero attached hydrogens (tertiary/aromatic N) is 2. The lowest BCUT2D eigenvalue weighted by atomic mass is 10.1. The van der Waals surface area contributed by atoms with Crippen LogP contribution in [0.1, 0.15) is 35.4 Å². The normalized spacial score (nSPS) is 14.2. The minimum absolute atomic E-state index is 0.403. The first-order valence-electron chi connectivity index (χ1n) is 7.13. The van der Waals surface area contributed by atoms with E-state index in [1.54, 1.807) is 6.26 Å². The summed E-state index contributed by atoms with van der Waals surface area (Å²) in [5.41, 5.74) is 8.88. The van der Waals surface area contributed by atoms with Crippen molar-refractivity contribution in [1.29, 1.82) is 0 Å². The third-order valence-corrected chi connectivity index (χ3v) is 3.94. The number of thiocarbonyl (C=S) groups is 1. The van der Waals surface area contributed by atoms with E-state index in [4.69, 9.17) is 27.4 Å². The van der Waals surface area contributed by atoms with Gasteiger partial charge < -0.3 is 15.1 Å². The second-order valence-corrected chi connectivity index (χ2v) is 6.02. The molecule has 1 aliphatic carbocycles. The van der Waals surface area contributed by atoms with Gasteiger partial charge in [0.2, 0.25) is 0 Å². The van der Waals surface area contributed by atoms with Gasteiger partial charge in [0.15, 0.2) is 0 Å². The van der Waals surface area contributed by atoms with Crippen LogP contribution in [0.15, 0.2) is 28.9 Å². The highest BCUT2D eigenvalue weighted by molar-refractivity contribution is 7.80. The maximum absolute atomic E-state index is 5.94. The molecule has 1 saturated carbocycles. The molecule has 0 saturated heterocycles. The number of pyridine rings is 1. The van der Waals surface area contributed by atoms with Crippen molar-refractivity contribution < 1.29 is 4.42 Å². The molecule has 2 aromatic heterocycles. The van der Waals surface area contributed by atoms with E-state index >= 15 is 0 Å². The molecule has 1 aliphatic rings. The first-order chi connectivity index (χ1) is 10.1. The van der Waals surface area contributed by atoms with Crippen LogP contribution >= 0.6 is 12.2 Å². The molecule has 0 unspecified atom stereocenters. The summed E-state index contributed by atoms with van der Waals surface area (Å²) in [5, 5.41) is 0. The molecule has 0 radical (unpaired) electrons. The lowest BCUT2D eigenvalue weighted by Crippen LogP contribution is -2.29. The van der Waals surface area contributed by atoms with E-state index in [0.717, 1.165) is 28.4 Å². The minimum atomic E-state index is 0.403. The van der Waals surface area contributed by atoms with Crippen LogP contribution in [0.3, 0.4) is 0 Å². The fourth-order valence-corrected chi connectivity index (χ4v) is 2.92. The van der Waals surface area contributed by atoms with Gasteiger partial charge in [-0.25, -0.2) is 4.98 Å². The van der Waals surface area contributed by atoms with Gasteiger partial charge in [0.25, 0.3) is 0 Å². The molecule has 0 atom stereocenters. The van der Waals surface area contributed by atoms with Gasteiger partial charge in [-0.3, -0.25) is 0 Å². The summed E-state index contributed by atoms with van der Waals surface area (Å²) in [6, 6.07) is 6.41. The zero-order chi connectivity index (χ0) is 15.0. The summed E-state index contributed by atoms with van der Waals surface area (Å²) in [4.78, 5) is 7.39. The van der Waals surface area contributed by atoms with Gasteiger partial charge in [-0.15, -0.1) is 0 Å². The molecule has 21 heavy (non-hydrogen) atoms. The summed E-state index contributed by atoms with van der Waals surface area (Å²) in [5.74, 6) is 1.82. The molecule has 0 spiro atoms. The van der Waals surface area contributed by atoms with Gasteiger partial charge in [-0.05, 0) is 50.5 Å². The maximum atomic E-state index is 5.94. The lowest BCUT2D eigenvalue weighted by molar-refractivity contribution is 0.500. The quantitative estimate of drug-likeness (QED) is 0.860. The molecule has 110 valence electrons. The van der Waals surface area contributed by atoms with E-state index in [9.17, 15) is 0 Å². The molecular weight excluding hydrogens is 282 g/mol. The molecule has 0 aliphatic heterocycles. The molecule has 0 amide bonds. The first-order valence-corrected chi connectivity index (χ1v) is 7.54. The molecular formula is C16H19N3OS. The van der Waals surface area contributed by atoms with Gasteiger partial charge in [0.1, 0.15) is 16.6 Å². The van der Waals surface area contributed by atoms with Crippen molar-refractivity contribution in [2.45, 2.75) is 39.3 Å². The number of hydrogen-bond donors (Lipinski definition) is 1. The Labute approximate surface area is 130 Å². The highest BCUT2D eigenvalue weighted by atomic mass is 32.1. The summed E-state index contributed by atoms with van der Waals surface area (Å²) >= 11 is 5.24.